The zero-order valence-electron chi connectivity index (χ0n) is 9.10. The molecule has 0 atom stereocenters. The Labute approximate surface area is 85.7 Å². The molecule has 1 amide bonds. The Morgan fingerprint density at radius 3 is 2.43 bits per heavy atom. The van der Waals surface area contributed by atoms with Gasteiger partial charge in [-0.15, -0.1) is 0 Å². The Balaban J connectivity index is 3.39. The van der Waals surface area contributed by atoms with Crippen LogP contribution in [0.5, 0.6) is 0 Å². The van der Waals surface area contributed by atoms with Gasteiger partial charge in [-0.05, 0) is 33.1 Å². The number of amides is 1. The molecule has 0 aromatic rings. The average Bonchev–Trinajstić information content (AvgIpc) is 2.01. The van der Waals surface area contributed by atoms with E-state index >= 15 is 0 Å². The van der Waals surface area contributed by atoms with E-state index in [2.05, 4.69) is 11.9 Å². The van der Waals surface area contributed by atoms with Gasteiger partial charge < -0.3 is 16.8 Å². The van der Waals surface area contributed by atoms with E-state index < -0.39 is 5.66 Å². The van der Waals surface area contributed by atoms with Gasteiger partial charge in [0.1, 0.15) is 0 Å². The van der Waals surface area contributed by atoms with Gasteiger partial charge in [0.2, 0.25) is 5.91 Å². The molecule has 82 valence electrons. The van der Waals surface area contributed by atoms with E-state index in [9.17, 15) is 4.79 Å². The largest absolute Gasteiger partial charge is 0.352 e. The number of nitrogens with two attached hydrogens (primary N) is 2. The van der Waals surface area contributed by atoms with Crippen LogP contribution in [0.25, 0.3) is 0 Å². The van der Waals surface area contributed by atoms with Crippen molar-refractivity contribution in [3.63, 3.8) is 0 Å². The number of carbonyl (C=O) groups excluding carboxylic acids is 1. The predicted octanol–water partition coefficient (Wildman–Crippen LogP) is 0.483. The summed E-state index contributed by atoms with van der Waals surface area (Å²) in [5.74, 6) is -0.0896. The highest BCUT2D eigenvalue weighted by Crippen LogP contribution is 2.03. The van der Waals surface area contributed by atoms with E-state index in [0.29, 0.717) is 12.1 Å². The number of nitrogens with one attached hydrogen (secondary N) is 1. The number of hydrogen-bond acceptors (Lipinski definition) is 3. The Hall–Kier alpha value is -0.870. The lowest BCUT2D eigenvalue weighted by atomic mass is 10.1. The summed E-state index contributed by atoms with van der Waals surface area (Å²) < 4.78 is 0. The van der Waals surface area contributed by atoms with E-state index in [4.69, 9.17) is 11.5 Å². The van der Waals surface area contributed by atoms with Gasteiger partial charge in [-0.1, -0.05) is 6.58 Å². The minimum atomic E-state index is -0.599. The Morgan fingerprint density at radius 2 is 2.00 bits per heavy atom. The average molecular weight is 199 g/mol. The number of rotatable bonds is 6. The van der Waals surface area contributed by atoms with Crippen LogP contribution < -0.4 is 16.8 Å². The zero-order valence-corrected chi connectivity index (χ0v) is 9.10. The Kier molecular flexibility index (Phi) is 5.42. The first kappa shape index (κ1) is 13.1. The summed E-state index contributed by atoms with van der Waals surface area (Å²) in [7, 11) is 0. The van der Waals surface area contributed by atoms with Crippen LogP contribution >= 0.6 is 0 Å². The molecule has 0 radical (unpaired) electrons. The molecular weight excluding hydrogens is 178 g/mol. The monoisotopic (exact) mass is 199 g/mol. The van der Waals surface area contributed by atoms with Crippen molar-refractivity contribution in [2.45, 2.75) is 38.8 Å². The summed E-state index contributed by atoms with van der Waals surface area (Å²) in [5.41, 5.74) is 11.1. The third-order valence-corrected chi connectivity index (χ3v) is 1.82. The van der Waals surface area contributed by atoms with Gasteiger partial charge in [0.15, 0.2) is 0 Å². The standard InChI is InChI=1S/C10H21N3O/c1-8(2)9(14)13-7-5-4-6-10(3,11)12/h1,4-7,11-12H2,2-3H3,(H,13,14). The van der Waals surface area contributed by atoms with Crippen molar-refractivity contribution in [3.8, 4) is 0 Å². The molecule has 0 fully saturated rings. The summed E-state index contributed by atoms with van der Waals surface area (Å²) in [4.78, 5) is 11.0. The molecule has 0 aliphatic heterocycles. The maximum Gasteiger partial charge on any atom is 0.246 e. The zero-order chi connectivity index (χ0) is 11.2. The maximum atomic E-state index is 11.0. The van der Waals surface area contributed by atoms with Crippen LogP contribution in [-0.2, 0) is 4.79 Å². The second-order valence-electron chi connectivity index (χ2n) is 4.00. The molecule has 0 spiro atoms. The molecule has 0 aliphatic carbocycles. The van der Waals surface area contributed by atoms with Gasteiger partial charge in [0, 0.05) is 12.1 Å². The first-order valence-electron chi connectivity index (χ1n) is 4.84. The summed E-state index contributed by atoms with van der Waals surface area (Å²) >= 11 is 0. The Bertz CT molecular complexity index is 206. The molecule has 0 heterocycles. The van der Waals surface area contributed by atoms with E-state index in [-0.39, 0.29) is 5.91 Å². The first-order chi connectivity index (χ1) is 6.33. The van der Waals surface area contributed by atoms with Crippen LogP contribution in [0, 0.1) is 0 Å². The van der Waals surface area contributed by atoms with Crippen LogP contribution in [0.15, 0.2) is 12.2 Å². The molecule has 0 rings (SSSR count). The highest BCUT2D eigenvalue weighted by molar-refractivity contribution is 5.91. The van der Waals surface area contributed by atoms with Crippen molar-refractivity contribution in [3.05, 3.63) is 12.2 Å². The third kappa shape index (κ3) is 7.76. The number of carbonyl (C=O) groups is 1. The molecule has 0 bridgehead atoms. The summed E-state index contributed by atoms with van der Waals surface area (Å²) in [6, 6.07) is 0. The van der Waals surface area contributed by atoms with E-state index in [0.717, 1.165) is 19.3 Å². The highest BCUT2D eigenvalue weighted by atomic mass is 16.1. The van der Waals surface area contributed by atoms with Crippen molar-refractivity contribution in [1.29, 1.82) is 0 Å². The summed E-state index contributed by atoms with van der Waals surface area (Å²) in [6.07, 6.45) is 2.57. The van der Waals surface area contributed by atoms with Crippen LogP contribution in [0.4, 0.5) is 0 Å². The minimum absolute atomic E-state index is 0.0896. The van der Waals surface area contributed by atoms with Gasteiger partial charge in [-0.2, -0.15) is 0 Å². The van der Waals surface area contributed by atoms with Crippen molar-refractivity contribution in [2.75, 3.05) is 6.54 Å². The molecule has 4 nitrogen and oxygen atoms in total. The first-order valence-corrected chi connectivity index (χ1v) is 4.84. The topological polar surface area (TPSA) is 81.1 Å². The second-order valence-corrected chi connectivity index (χ2v) is 4.00. The maximum absolute atomic E-state index is 11.0. The van der Waals surface area contributed by atoms with Gasteiger partial charge in [-0.3, -0.25) is 4.79 Å². The fourth-order valence-electron chi connectivity index (χ4n) is 0.984. The lowest BCUT2D eigenvalue weighted by Crippen LogP contribution is -2.45. The molecule has 4 heteroatoms. The van der Waals surface area contributed by atoms with Crippen LogP contribution in [0.1, 0.15) is 33.1 Å². The smallest absolute Gasteiger partial charge is 0.246 e. The lowest BCUT2D eigenvalue weighted by Gasteiger charge is -2.17. The number of unbranched alkanes of at least 4 members (excludes halogenated alkanes) is 1. The van der Waals surface area contributed by atoms with Crippen molar-refractivity contribution in [1.82, 2.24) is 5.32 Å². The molecule has 0 unspecified atom stereocenters. The normalized spacial score (nSPS) is 11.1. The van der Waals surface area contributed by atoms with Crippen molar-refractivity contribution >= 4 is 5.91 Å². The van der Waals surface area contributed by atoms with Crippen molar-refractivity contribution in [2.24, 2.45) is 11.5 Å². The SMILES string of the molecule is C=C(C)C(=O)NCCCCC(C)(N)N. The minimum Gasteiger partial charge on any atom is -0.352 e. The van der Waals surface area contributed by atoms with Gasteiger partial charge in [0.25, 0.3) is 0 Å². The molecule has 0 saturated heterocycles. The van der Waals surface area contributed by atoms with Gasteiger partial charge in [-0.25, -0.2) is 0 Å². The molecule has 0 aromatic carbocycles. The van der Waals surface area contributed by atoms with Crippen LogP contribution in [0.2, 0.25) is 0 Å². The fraction of sp³-hybridized carbons (Fsp3) is 0.700. The summed E-state index contributed by atoms with van der Waals surface area (Å²) in [6.45, 7) is 7.67. The van der Waals surface area contributed by atoms with E-state index in [1.807, 2.05) is 0 Å². The Morgan fingerprint density at radius 1 is 1.43 bits per heavy atom. The number of hydrogen-bond donors (Lipinski definition) is 3. The molecule has 5 N–H and O–H groups in total. The van der Waals surface area contributed by atoms with Crippen LogP contribution in [0.3, 0.4) is 0 Å². The van der Waals surface area contributed by atoms with Gasteiger partial charge >= 0.3 is 0 Å². The summed E-state index contributed by atoms with van der Waals surface area (Å²) in [5, 5.41) is 2.75. The highest BCUT2D eigenvalue weighted by Gasteiger charge is 2.09. The predicted molar refractivity (Wildman–Crippen MR) is 58.5 cm³/mol. The molecular formula is C10H21N3O. The molecule has 0 saturated carbocycles. The lowest BCUT2D eigenvalue weighted by molar-refractivity contribution is -0.117. The van der Waals surface area contributed by atoms with Crippen molar-refractivity contribution < 1.29 is 4.79 Å². The molecule has 0 aliphatic rings. The fourth-order valence-corrected chi connectivity index (χ4v) is 0.984. The van der Waals surface area contributed by atoms with E-state index in [1.165, 1.54) is 0 Å². The molecule has 0 aromatic heterocycles. The third-order valence-electron chi connectivity index (χ3n) is 1.82. The quantitative estimate of drug-likeness (QED) is 0.331. The van der Waals surface area contributed by atoms with E-state index in [1.54, 1.807) is 13.8 Å². The van der Waals surface area contributed by atoms with Crippen LogP contribution in [-0.4, -0.2) is 18.1 Å². The second kappa shape index (κ2) is 5.78. The molecule has 14 heavy (non-hydrogen) atoms. The van der Waals surface area contributed by atoms with Gasteiger partial charge in [0.05, 0.1) is 5.66 Å².